The number of aromatic nitrogens is 2. The van der Waals surface area contributed by atoms with Gasteiger partial charge in [-0.1, -0.05) is 30.0 Å². The highest BCUT2D eigenvalue weighted by Crippen LogP contribution is 2.31. The minimum absolute atomic E-state index is 0.0559. The molecule has 2 aromatic heterocycles. The van der Waals surface area contributed by atoms with Crippen LogP contribution in [0.1, 0.15) is 5.56 Å². The van der Waals surface area contributed by atoms with E-state index in [1.165, 1.54) is 15.4 Å². The van der Waals surface area contributed by atoms with Gasteiger partial charge in [-0.05, 0) is 18.2 Å². The highest BCUT2D eigenvalue weighted by atomic mass is 32.2. The smallest absolute Gasteiger partial charge is 0.267 e. The van der Waals surface area contributed by atoms with E-state index < -0.39 is 0 Å². The molecule has 2 N–H and O–H groups in total. The number of thioether (sulfide) groups is 1. The monoisotopic (exact) mass is 406 g/mol. The van der Waals surface area contributed by atoms with E-state index in [2.05, 4.69) is 10.3 Å². The van der Waals surface area contributed by atoms with Crippen molar-refractivity contribution in [2.24, 2.45) is 0 Å². The fraction of sp³-hybridized carbons (Fsp3) is 0.294. The number of ether oxygens (including phenoxy) is 1. The molecule has 8 nitrogen and oxygen atoms in total. The second kappa shape index (κ2) is 8.61. The van der Waals surface area contributed by atoms with Crippen LogP contribution in [0, 0.1) is 0 Å². The number of carbonyl (C=O) groups excluding carboxylic acids is 1. The van der Waals surface area contributed by atoms with Gasteiger partial charge in [0, 0.05) is 19.8 Å². The zero-order valence-corrected chi connectivity index (χ0v) is 16.2. The normalized spacial score (nSPS) is 15.9. The van der Waals surface area contributed by atoms with E-state index in [9.17, 15) is 9.59 Å². The van der Waals surface area contributed by atoms with Crippen molar-refractivity contribution in [3.8, 4) is 0 Å². The van der Waals surface area contributed by atoms with E-state index in [0.717, 1.165) is 11.8 Å². The highest BCUT2D eigenvalue weighted by molar-refractivity contribution is 8.26. The molecule has 142 valence electrons. The van der Waals surface area contributed by atoms with Gasteiger partial charge in [-0.2, -0.15) is 0 Å². The van der Waals surface area contributed by atoms with Crippen LogP contribution in [0.2, 0.25) is 0 Å². The minimum Gasteiger partial charge on any atom is -0.394 e. The van der Waals surface area contributed by atoms with E-state index in [1.54, 1.807) is 31.4 Å². The standard InChI is InChI=1S/C17H18N4O4S2/c1-20-16(24)12(27-17(20)26)10-11-14(18-5-8-25-9-7-22)19-13-4-2-3-6-21(13)15(11)23/h2-4,6,10,18,22H,5,7-9H2,1H3/b12-10+. The molecule has 27 heavy (non-hydrogen) atoms. The molecule has 3 rings (SSSR count). The molecule has 0 saturated carbocycles. The largest absolute Gasteiger partial charge is 0.394 e. The molecule has 0 unspecified atom stereocenters. The summed E-state index contributed by atoms with van der Waals surface area (Å²) < 4.78 is 7.08. The number of rotatable bonds is 7. The highest BCUT2D eigenvalue weighted by Gasteiger charge is 2.29. The predicted molar refractivity (Wildman–Crippen MR) is 109 cm³/mol. The van der Waals surface area contributed by atoms with Gasteiger partial charge in [0.2, 0.25) is 0 Å². The number of anilines is 1. The molecule has 1 fully saturated rings. The summed E-state index contributed by atoms with van der Waals surface area (Å²) in [6, 6.07) is 5.25. The van der Waals surface area contributed by atoms with Crippen LogP contribution in [0.3, 0.4) is 0 Å². The first kappa shape index (κ1) is 19.5. The number of pyridine rings is 1. The molecule has 1 aliphatic rings. The number of fused-ring (bicyclic) bond motifs is 1. The Morgan fingerprint density at radius 3 is 2.89 bits per heavy atom. The Morgan fingerprint density at radius 1 is 1.37 bits per heavy atom. The lowest BCUT2D eigenvalue weighted by molar-refractivity contribution is -0.121. The minimum atomic E-state index is -0.291. The number of hydrogen-bond acceptors (Lipinski definition) is 8. The zero-order chi connectivity index (χ0) is 19.4. The lowest BCUT2D eigenvalue weighted by atomic mass is 10.2. The summed E-state index contributed by atoms with van der Waals surface area (Å²) in [5.74, 6) is 0.111. The van der Waals surface area contributed by atoms with Gasteiger partial charge < -0.3 is 15.2 Å². The van der Waals surface area contributed by atoms with Crippen molar-refractivity contribution in [3.05, 3.63) is 45.2 Å². The van der Waals surface area contributed by atoms with Gasteiger partial charge in [0.1, 0.15) is 15.8 Å². The number of amides is 1. The van der Waals surface area contributed by atoms with Crippen LogP contribution < -0.4 is 10.9 Å². The van der Waals surface area contributed by atoms with Crippen LogP contribution >= 0.6 is 24.0 Å². The lowest BCUT2D eigenvalue weighted by Gasteiger charge is -2.11. The van der Waals surface area contributed by atoms with E-state index in [-0.39, 0.29) is 30.2 Å². The number of hydrogen-bond donors (Lipinski definition) is 2. The summed E-state index contributed by atoms with van der Waals surface area (Å²) in [5.41, 5.74) is 0.469. The van der Waals surface area contributed by atoms with Crippen molar-refractivity contribution in [1.29, 1.82) is 0 Å². The summed E-state index contributed by atoms with van der Waals surface area (Å²) in [5, 5.41) is 11.8. The Hall–Kier alpha value is -2.27. The molecule has 0 aliphatic carbocycles. The van der Waals surface area contributed by atoms with Crippen LogP contribution in [-0.4, -0.2) is 63.0 Å². The zero-order valence-electron chi connectivity index (χ0n) is 14.5. The van der Waals surface area contributed by atoms with Crippen LogP contribution in [0.4, 0.5) is 5.82 Å². The average Bonchev–Trinajstić information content (AvgIpc) is 2.91. The first-order chi connectivity index (χ1) is 13.0. The van der Waals surface area contributed by atoms with E-state index >= 15 is 0 Å². The number of nitrogens with zero attached hydrogens (tertiary/aromatic N) is 3. The molecule has 0 aromatic carbocycles. The number of thiocarbonyl (C=S) groups is 1. The Balaban J connectivity index is 1.99. The number of carbonyl (C=O) groups is 1. The third kappa shape index (κ3) is 4.19. The van der Waals surface area contributed by atoms with Crippen LogP contribution in [0.15, 0.2) is 34.1 Å². The SMILES string of the molecule is CN1C(=O)/C(=C\c2c(NCCOCCO)nc3ccccn3c2=O)SC1=S. The quantitative estimate of drug-likeness (QED) is 0.399. The molecular formula is C17H18N4O4S2. The second-order valence-corrected chi connectivity index (χ2v) is 7.29. The molecule has 3 heterocycles. The molecule has 0 bridgehead atoms. The van der Waals surface area contributed by atoms with Crippen molar-refractivity contribution in [2.75, 3.05) is 38.7 Å². The Bertz CT molecular complexity index is 973. The van der Waals surface area contributed by atoms with Crippen molar-refractivity contribution >= 4 is 51.7 Å². The van der Waals surface area contributed by atoms with E-state index in [0.29, 0.717) is 33.8 Å². The molecule has 2 aromatic rings. The van der Waals surface area contributed by atoms with Crippen LogP contribution in [-0.2, 0) is 9.53 Å². The van der Waals surface area contributed by atoms with Gasteiger partial charge in [0.05, 0.1) is 30.3 Å². The Kier molecular flexibility index (Phi) is 6.22. The fourth-order valence-corrected chi connectivity index (χ4v) is 3.61. The van der Waals surface area contributed by atoms with Crippen LogP contribution in [0.25, 0.3) is 11.7 Å². The molecule has 1 saturated heterocycles. The lowest BCUT2D eigenvalue weighted by Crippen LogP contribution is -2.23. The summed E-state index contributed by atoms with van der Waals surface area (Å²) >= 11 is 6.29. The third-order valence-electron chi connectivity index (χ3n) is 3.81. The van der Waals surface area contributed by atoms with Crippen LogP contribution in [0.5, 0.6) is 0 Å². The second-order valence-electron chi connectivity index (χ2n) is 5.61. The summed E-state index contributed by atoms with van der Waals surface area (Å²) in [4.78, 5) is 31.5. The van der Waals surface area contributed by atoms with Crippen molar-refractivity contribution in [3.63, 3.8) is 0 Å². The number of likely N-dealkylation sites (N-methyl/N-ethyl adjacent to an activating group) is 1. The van der Waals surface area contributed by atoms with Gasteiger partial charge in [0.15, 0.2) is 0 Å². The topological polar surface area (TPSA) is 96.2 Å². The van der Waals surface area contributed by atoms with Crippen molar-refractivity contribution in [2.45, 2.75) is 0 Å². The molecule has 0 spiro atoms. The maximum atomic E-state index is 12.9. The van der Waals surface area contributed by atoms with Gasteiger partial charge in [-0.25, -0.2) is 4.98 Å². The summed E-state index contributed by atoms with van der Waals surface area (Å²) in [6.07, 6.45) is 3.15. The number of aliphatic hydroxyl groups excluding tert-OH is 1. The molecule has 1 amide bonds. The predicted octanol–water partition coefficient (Wildman–Crippen LogP) is 0.946. The molecule has 1 aliphatic heterocycles. The van der Waals surface area contributed by atoms with Gasteiger partial charge in [-0.15, -0.1) is 0 Å². The fourth-order valence-electron chi connectivity index (χ4n) is 2.45. The van der Waals surface area contributed by atoms with E-state index in [4.69, 9.17) is 22.1 Å². The van der Waals surface area contributed by atoms with Gasteiger partial charge in [-0.3, -0.25) is 18.9 Å². The number of nitrogens with one attached hydrogen (secondary N) is 1. The van der Waals surface area contributed by atoms with Crippen molar-refractivity contribution < 1.29 is 14.6 Å². The molecule has 0 atom stereocenters. The molecular weight excluding hydrogens is 388 g/mol. The van der Waals surface area contributed by atoms with Gasteiger partial charge >= 0.3 is 0 Å². The first-order valence-electron chi connectivity index (χ1n) is 8.18. The van der Waals surface area contributed by atoms with Gasteiger partial charge in [0.25, 0.3) is 11.5 Å². The Labute approximate surface area is 164 Å². The molecule has 10 heteroatoms. The maximum absolute atomic E-state index is 12.9. The first-order valence-corrected chi connectivity index (χ1v) is 9.41. The van der Waals surface area contributed by atoms with Crippen molar-refractivity contribution in [1.82, 2.24) is 14.3 Å². The summed E-state index contributed by atoms with van der Waals surface area (Å²) in [7, 11) is 1.60. The Morgan fingerprint density at radius 2 is 2.19 bits per heavy atom. The third-order valence-corrected chi connectivity index (χ3v) is 5.29. The maximum Gasteiger partial charge on any atom is 0.267 e. The molecule has 0 radical (unpaired) electrons. The van der Waals surface area contributed by atoms with E-state index in [1.807, 2.05) is 0 Å². The number of aliphatic hydroxyl groups is 1. The summed E-state index contributed by atoms with van der Waals surface area (Å²) in [6.45, 7) is 0.916. The average molecular weight is 406 g/mol.